The van der Waals surface area contributed by atoms with Gasteiger partial charge in [0.2, 0.25) is 0 Å². The number of hydrogen-bond acceptors (Lipinski definition) is 4. The first-order valence-corrected chi connectivity index (χ1v) is 6.26. The Labute approximate surface area is 110 Å². The maximum Gasteiger partial charge on any atom is 0.328 e. The Morgan fingerprint density at radius 2 is 2.18 bits per heavy atom. The molecule has 0 aliphatic rings. The Bertz CT molecular complexity index is 409. The molecule has 4 N–H and O–H groups in total. The van der Waals surface area contributed by atoms with Gasteiger partial charge in [0, 0.05) is 4.88 Å². The lowest BCUT2D eigenvalue weighted by Crippen LogP contribution is -2.47. The summed E-state index contributed by atoms with van der Waals surface area (Å²) in [6.45, 7) is -0.340. The minimum absolute atomic E-state index is 0.305. The van der Waals surface area contributed by atoms with E-state index in [-0.39, 0.29) is 0 Å². The third-order valence-electron chi connectivity index (χ3n) is 1.84. The number of hydrogen-bond donors (Lipinski definition) is 4. The van der Waals surface area contributed by atoms with Gasteiger partial charge in [-0.05, 0) is 28.1 Å². The Hall–Kier alpha value is -1.12. The van der Waals surface area contributed by atoms with E-state index in [2.05, 4.69) is 26.6 Å². The molecule has 0 saturated heterocycles. The van der Waals surface area contributed by atoms with E-state index in [1.165, 1.54) is 11.3 Å². The molecule has 1 unspecified atom stereocenters. The molecule has 2 amide bonds. The number of carbonyl (C=O) groups excluding carboxylic acids is 1. The van der Waals surface area contributed by atoms with Crippen molar-refractivity contribution in [2.45, 2.75) is 12.6 Å². The number of aliphatic hydroxyl groups excluding tert-OH is 1. The first-order chi connectivity index (χ1) is 8.02. The Morgan fingerprint density at radius 1 is 1.47 bits per heavy atom. The summed E-state index contributed by atoms with van der Waals surface area (Å²) in [6.07, 6.45) is 0. The van der Waals surface area contributed by atoms with Crippen LogP contribution in [0.1, 0.15) is 4.88 Å². The number of thiophene rings is 1. The van der Waals surface area contributed by atoms with Crippen LogP contribution in [-0.4, -0.2) is 34.9 Å². The highest BCUT2D eigenvalue weighted by Gasteiger charge is 2.18. The molecule has 94 valence electrons. The predicted octanol–water partition coefficient (Wildman–Crippen LogP) is 0.755. The van der Waals surface area contributed by atoms with Crippen molar-refractivity contribution in [2.75, 3.05) is 6.61 Å². The molecule has 0 aliphatic heterocycles. The van der Waals surface area contributed by atoms with Crippen molar-refractivity contribution < 1.29 is 19.8 Å². The molecule has 0 saturated carbocycles. The minimum Gasteiger partial charge on any atom is -0.480 e. The van der Waals surface area contributed by atoms with E-state index in [1.54, 1.807) is 0 Å². The van der Waals surface area contributed by atoms with Gasteiger partial charge < -0.3 is 20.8 Å². The van der Waals surface area contributed by atoms with Crippen LogP contribution < -0.4 is 10.6 Å². The van der Waals surface area contributed by atoms with E-state index < -0.39 is 24.6 Å². The molecule has 8 heteroatoms. The van der Waals surface area contributed by atoms with Gasteiger partial charge >= 0.3 is 12.0 Å². The molecule has 0 spiro atoms. The van der Waals surface area contributed by atoms with Gasteiger partial charge in [-0.2, -0.15) is 0 Å². The van der Waals surface area contributed by atoms with Crippen LogP contribution in [0.4, 0.5) is 4.79 Å². The predicted molar refractivity (Wildman–Crippen MR) is 65.9 cm³/mol. The second-order valence-corrected chi connectivity index (χ2v) is 5.65. The minimum atomic E-state index is -1.29. The van der Waals surface area contributed by atoms with E-state index >= 15 is 0 Å². The van der Waals surface area contributed by atoms with Gasteiger partial charge in [-0.1, -0.05) is 0 Å². The third-order valence-corrected chi connectivity index (χ3v) is 3.46. The summed E-state index contributed by atoms with van der Waals surface area (Å²) < 4.78 is 0.952. The Morgan fingerprint density at radius 3 is 2.65 bits per heavy atom. The zero-order valence-electron chi connectivity index (χ0n) is 8.64. The Balaban J connectivity index is 2.37. The van der Waals surface area contributed by atoms with Crippen molar-refractivity contribution in [1.82, 2.24) is 10.6 Å². The van der Waals surface area contributed by atoms with Gasteiger partial charge in [0.15, 0.2) is 6.04 Å². The van der Waals surface area contributed by atoms with E-state index in [1.807, 2.05) is 12.1 Å². The summed E-state index contributed by atoms with van der Waals surface area (Å²) in [4.78, 5) is 22.8. The smallest absolute Gasteiger partial charge is 0.328 e. The van der Waals surface area contributed by atoms with Crippen molar-refractivity contribution in [3.63, 3.8) is 0 Å². The van der Waals surface area contributed by atoms with Gasteiger partial charge in [0.05, 0.1) is 16.9 Å². The molecule has 0 bridgehead atoms. The highest BCUT2D eigenvalue weighted by atomic mass is 79.9. The van der Waals surface area contributed by atoms with Crippen LogP contribution >= 0.6 is 27.3 Å². The quantitative estimate of drug-likeness (QED) is 0.643. The van der Waals surface area contributed by atoms with Crippen molar-refractivity contribution in [1.29, 1.82) is 0 Å². The summed E-state index contributed by atoms with van der Waals surface area (Å²) in [5.41, 5.74) is 0. The number of urea groups is 1. The van der Waals surface area contributed by atoms with Gasteiger partial charge in [0.25, 0.3) is 0 Å². The summed E-state index contributed by atoms with van der Waals surface area (Å²) in [5, 5.41) is 21.9. The summed E-state index contributed by atoms with van der Waals surface area (Å²) >= 11 is 4.76. The van der Waals surface area contributed by atoms with Gasteiger partial charge in [0.1, 0.15) is 0 Å². The first-order valence-electron chi connectivity index (χ1n) is 4.65. The molecule has 17 heavy (non-hydrogen) atoms. The van der Waals surface area contributed by atoms with Gasteiger partial charge in [-0.25, -0.2) is 9.59 Å². The number of halogens is 1. The average molecular weight is 323 g/mol. The van der Waals surface area contributed by atoms with Crippen LogP contribution in [0.15, 0.2) is 15.9 Å². The fraction of sp³-hybridized carbons (Fsp3) is 0.333. The first kappa shape index (κ1) is 13.9. The Kier molecular flexibility index (Phi) is 5.39. The number of carboxylic acids is 1. The van der Waals surface area contributed by atoms with E-state index in [0.717, 1.165) is 8.66 Å². The molecular weight excluding hydrogens is 312 g/mol. The van der Waals surface area contributed by atoms with Crippen LogP contribution in [0.5, 0.6) is 0 Å². The molecule has 0 radical (unpaired) electrons. The van der Waals surface area contributed by atoms with Gasteiger partial charge in [-0.3, -0.25) is 0 Å². The second-order valence-electron chi connectivity index (χ2n) is 3.11. The third kappa shape index (κ3) is 4.72. The molecule has 0 aliphatic carbocycles. The van der Waals surface area contributed by atoms with E-state index in [4.69, 9.17) is 10.2 Å². The average Bonchev–Trinajstić information content (AvgIpc) is 2.68. The zero-order valence-corrected chi connectivity index (χ0v) is 11.0. The largest absolute Gasteiger partial charge is 0.480 e. The molecule has 1 aromatic heterocycles. The van der Waals surface area contributed by atoms with E-state index in [0.29, 0.717) is 6.54 Å². The molecule has 6 nitrogen and oxygen atoms in total. The number of amides is 2. The topological polar surface area (TPSA) is 98.7 Å². The fourth-order valence-electron chi connectivity index (χ4n) is 1.01. The summed E-state index contributed by atoms with van der Waals surface area (Å²) in [7, 11) is 0. The maximum absolute atomic E-state index is 11.3. The maximum atomic E-state index is 11.3. The van der Waals surface area contributed by atoms with Crippen molar-refractivity contribution >= 4 is 39.3 Å². The number of aliphatic carboxylic acids is 1. The number of aliphatic hydroxyl groups is 1. The molecule has 1 heterocycles. The number of carbonyl (C=O) groups is 2. The van der Waals surface area contributed by atoms with Crippen LogP contribution in [0.3, 0.4) is 0 Å². The van der Waals surface area contributed by atoms with Gasteiger partial charge in [-0.15, -0.1) is 11.3 Å². The summed E-state index contributed by atoms with van der Waals surface area (Å²) in [5.74, 6) is -1.28. The monoisotopic (exact) mass is 322 g/mol. The molecule has 0 fully saturated rings. The lowest BCUT2D eigenvalue weighted by molar-refractivity contribution is -0.140. The fourth-order valence-corrected chi connectivity index (χ4v) is 2.43. The van der Waals surface area contributed by atoms with Crippen molar-refractivity contribution in [3.05, 3.63) is 20.8 Å². The van der Waals surface area contributed by atoms with Crippen molar-refractivity contribution in [3.8, 4) is 0 Å². The number of nitrogens with one attached hydrogen (secondary N) is 2. The number of rotatable bonds is 5. The van der Waals surface area contributed by atoms with E-state index in [9.17, 15) is 9.59 Å². The zero-order chi connectivity index (χ0) is 12.8. The van der Waals surface area contributed by atoms with Crippen molar-refractivity contribution in [2.24, 2.45) is 0 Å². The standard InChI is InChI=1S/C9H11BrN2O4S/c10-7-2-1-5(17-7)3-11-9(16)12-6(4-13)8(14)15/h1-2,6,13H,3-4H2,(H,14,15)(H2,11,12,16). The highest BCUT2D eigenvalue weighted by molar-refractivity contribution is 9.11. The summed E-state index contributed by atoms with van der Waals surface area (Å²) in [6, 6.07) is 1.78. The SMILES string of the molecule is O=C(NCc1ccc(Br)s1)NC(CO)C(=O)O. The van der Waals surface area contributed by atoms with Crippen LogP contribution in [0, 0.1) is 0 Å². The van der Waals surface area contributed by atoms with Crippen LogP contribution in [0.25, 0.3) is 0 Å². The molecular formula is C9H11BrN2O4S. The van der Waals surface area contributed by atoms with Crippen LogP contribution in [-0.2, 0) is 11.3 Å². The van der Waals surface area contributed by atoms with Crippen LogP contribution in [0.2, 0.25) is 0 Å². The second kappa shape index (κ2) is 6.58. The molecule has 1 atom stereocenters. The highest BCUT2D eigenvalue weighted by Crippen LogP contribution is 2.21. The normalized spacial score (nSPS) is 11.9. The lowest BCUT2D eigenvalue weighted by Gasteiger charge is -2.11. The molecule has 1 aromatic rings. The lowest BCUT2D eigenvalue weighted by atomic mass is 10.3. The number of carboxylic acid groups (broad SMARTS) is 1. The molecule has 1 rings (SSSR count). The molecule has 0 aromatic carbocycles.